The molecule has 0 radical (unpaired) electrons. The van der Waals surface area contributed by atoms with Crippen LogP contribution in [0.2, 0.25) is 0 Å². The minimum Gasteiger partial charge on any atom is -0.370 e. The van der Waals surface area contributed by atoms with E-state index in [1.807, 2.05) is 0 Å². The van der Waals surface area contributed by atoms with Gasteiger partial charge < -0.3 is 10.6 Å². The molecule has 1 heterocycles. The molecule has 1 aromatic carbocycles. The average molecular weight is 310 g/mol. The quantitative estimate of drug-likeness (QED) is 0.766. The molecule has 0 unspecified atom stereocenters. The van der Waals surface area contributed by atoms with Gasteiger partial charge in [0.2, 0.25) is 5.95 Å². The van der Waals surface area contributed by atoms with Crippen molar-refractivity contribution in [3.05, 3.63) is 47.7 Å². The van der Waals surface area contributed by atoms with Crippen molar-refractivity contribution < 1.29 is 0 Å². The summed E-state index contributed by atoms with van der Waals surface area (Å²) in [6, 6.07) is 13.0. The fourth-order valence-corrected chi connectivity index (χ4v) is 2.51. The summed E-state index contributed by atoms with van der Waals surface area (Å²) >= 11 is 0. The highest BCUT2D eigenvalue weighted by atomic mass is 15.2. The van der Waals surface area contributed by atoms with E-state index < -0.39 is 0 Å². The van der Waals surface area contributed by atoms with E-state index in [4.69, 9.17) is 0 Å². The normalized spacial score (nSPS) is 15.2. The minimum absolute atomic E-state index is 0.390. The molecule has 0 amide bonds. The fraction of sp³-hybridized carbons (Fsp3) is 0.474. The monoisotopic (exact) mass is 310 g/mol. The lowest BCUT2D eigenvalue weighted by Crippen LogP contribution is -2.17. The number of nitrogens with one attached hydrogen (secondary N) is 2. The average Bonchev–Trinajstić information content (AvgIpc) is 3.40. The maximum atomic E-state index is 4.69. The number of benzene rings is 1. The topological polar surface area (TPSA) is 49.8 Å². The molecule has 0 aliphatic heterocycles. The van der Waals surface area contributed by atoms with Gasteiger partial charge in [0.15, 0.2) is 0 Å². The maximum Gasteiger partial charge on any atom is 0.225 e. The van der Waals surface area contributed by atoms with Crippen molar-refractivity contribution in [2.45, 2.75) is 51.5 Å². The minimum atomic E-state index is 0.390. The Morgan fingerprint density at radius 3 is 2.65 bits per heavy atom. The van der Waals surface area contributed by atoms with Gasteiger partial charge >= 0.3 is 0 Å². The van der Waals surface area contributed by atoms with Crippen molar-refractivity contribution in [3.63, 3.8) is 0 Å². The lowest BCUT2D eigenvalue weighted by molar-refractivity contribution is 0.750. The maximum absolute atomic E-state index is 4.69. The molecule has 2 N–H and O–H groups in total. The number of hydrogen-bond donors (Lipinski definition) is 2. The van der Waals surface area contributed by atoms with E-state index in [1.54, 1.807) is 0 Å². The molecule has 0 spiro atoms. The number of hydrogen-bond acceptors (Lipinski definition) is 4. The number of aromatic nitrogens is 2. The van der Waals surface area contributed by atoms with Crippen molar-refractivity contribution >= 4 is 11.8 Å². The summed E-state index contributed by atoms with van der Waals surface area (Å²) < 4.78 is 0. The van der Waals surface area contributed by atoms with Gasteiger partial charge in [0.1, 0.15) is 5.82 Å². The first-order valence-electron chi connectivity index (χ1n) is 8.68. The Bertz CT molecular complexity index is 623. The van der Waals surface area contributed by atoms with Gasteiger partial charge in [0.05, 0.1) is 5.69 Å². The highest BCUT2D eigenvalue weighted by molar-refractivity contribution is 5.44. The van der Waals surface area contributed by atoms with Gasteiger partial charge in [-0.1, -0.05) is 37.3 Å². The summed E-state index contributed by atoms with van der Waals surface area (Å²) in [5.41, 5.74) is 2.52. The van der Waals surface area contributed by atoms with Crippen LogP contribution in [0.25, 0.3) is 0 Å². The van der Waals surface area contributed by atoms with E-state index in [2.05, 4.69) is 70.8 Å². The standard InChI is InChI=1S/C19H26N4/c1-3-14(2)21-19-22-17(16-9-10-16)13-18(23-19)20-12-11-15-7-5-4-6-8-15/h4-8,13-14,16H,3,9-12H2,1-2H3,(H2,20,21,22,23)/t14-/m0/s1. The van der Waals surface area contributed by atoms with Gasteiger partial charge in [-0.05, 0) is 38.2 Å². The van der Waals surface area contributed by atoms with Crippen LogP contribution < -0.4 is 10.6 Å². The summed E-state index contributed by atoms with van der Waals surface area (Å²) in [6.45, 7) is 5.21. The van der Waals surface area contributed by atoms with Gasteiger partial charge in [-0.25, -0.2) is 4.98 Å². The first kappa shape index (κ1) is 15.8. The molecule has 0 saturated heterocycles. The second kappa shape index (κ2) is 7.44. The van der Waals surface area contributed by atoms with E-state index in [-0.39, 0.29) is 0 Å². The molecule has 1 aliphatic rings. The Kier molecular flexibility index (Phi) is 5.11. The molecule has 23 heavy (non-hydrogen) atoms. The molecule has 4 heteroatoms. The molecule has 3 rings (SSSR count). The number of nitrogens with zero attached hydrogens (tertiary/aromatic N) is 2. The molecule has 122 valence electrons. The zero-order valence-electron chi connectivity index (χ0n) is 14.0. The summed E-state index contributed by atoms with van der Waals surface area (Å²) in [6.07, 6.45) is 4.57. The zero-order valence-corrected chi connectivity index (χ0v) is 14.0. The second-order valence-corrected chi connectivity index (χ2v) is 6.39. The van der Waals surface area contributed by atoms with Crippen LogP contribution in [0.1, 0.15) is 50.3 Å². The Hall–Kier alpha value is -2.10. The summed E-state index contributed by atoms with van der Waals surface area (Å²) in [4.78, 5) is 9.32. The van der Waals surface area contributed by atoms with E-state index in [9.17, 15) is 0 Å². The Morgan fingerprint density at radius 1 is 1.17 bits per heavy atom. The third kappa shape index (κ3) is 4.68. The molecular weight excluding hydrogens is 284 g/mol. The van der Waals surface area contributed by atoms with E-state index in [0.717, 1.165) is 31.2 Å². The van der Waals surface area contributed by atoms with Crippen LogP contribution in [0, 0.1) is 0 Å². The van der Waals surface area contributed by atoms with Crippen molar-refractivity contribution in [1.29, 1.82) is 0 Å². The van der Waals surface area contributed by atoms with Gasteiger partial charge in [-0.3, -0.25) is 0 Å². The molecule has 1 aromatic heterocycles. The molecule has 1 aliphatic carbocycles. The molecule has 2 aromatic rings. The second-order valence-electron chi connectivity index (χ2n) is 6.39. The first-order chi connectivity index (χ1) is 11.2. The van der Waals surface area contributed by atoms with Crippen molar-refractivity contribution in [1.82, 2.24) is 9.97 Å². The molecule has 1 saturated carbocycles. The molecule has 4 nitrogen and oxygen atoms in total. The van der Waals surface area contributed by atoms with Gasteiger partial charge in [0.25, 0.3) is 0 Å². The third-order valence-electron chi connectivity index (χ3n) is 4.29. The van der Waals surface area contributed by atoms with E-state index >= 15 is 0 Å². The van der Waals surface area contributed by atoms with Crippen LogP contribution in [0.5, 0.6) is 0 Å². The van der Waals surface area contributed by atoms with Crippen LogP contribution >= 0.6 is 0 Å². The lowest BCUT2D eigenvalue weighted by atomic mass is 10.1. The van der Waals surface area contributed by atoms with Crippen LogP contribution in [0.4, 0.5) is 11.8 Å². The number of rotatable bonds is 8. The lowest BCUT2D eigenvalue weighted by Gasteiger charge is -2.14. The van der Waals surface area contributed by atoms with Crippen LogP contribution in [0.3, 0.4) is 0 Å². The number of anilines is 2. The van der Waals surface area contributed by atoms with Crippen molar-refractivity contribution in [2.24, 2.45) is 0 Å². The van der Waals surface area contributed by atoms with E-state index in [0.29, 0.717) is 12.0 Å². The first-order valence-corrected chi connectivity index (χ1v) is 8.68. The fourth-order valence-electron chi connectivity index (χ4n) is 2.51. The van der Waals surface area contributed by atoms with E-state index in [1.165, 1.54) is 24.1 Å². The third-order valence-corrected chi connectivity index (χ3v) is 4.29. The van der Waals surface area contributed by atoms with Crippen molar-refractivity contribution in [2.75, 3.05) is 17.2 Å². The van der Waals surface area contributed by atoms with Crippen LogP contribution in [0.15, 0.2) is 36.4 Å². The highest BCUT2D eigenvalue weighted by Crippen LogP contribution is 2.39. The Labute approximate surface area is 138 Å². The Morgan fingerprint density at radius 2 is 1.96 bits per heavy atom. The SMILES string of the molecule is CC[C@H](C)Nc1nc(NCCc2ccccc2)cc(C2CC2)n1. The van der Waals surface area contributed by atoms with Gasteiger partial charge in [0, 0.05) is 24.6 Å². The molecule has 1 fully saturated rings. The Balaban J connectivity index is 1.65. The van der Waals surface area contributed by atoms with Crippen molar-refractivity contribution in [3.8, 4) is 0 Å². The van der Waals surface area contributed by atoms with Gasteiger partial charge in [-0.2, -0.15) is 4.98 Å². The molecule has 1 atom stereocenters. The summed E-state index contributed by atoms with van der Waals surface area (Å²) in [5, 5.41) is 6.86. The summed E-state index contributed by atoms with van der Waals surface area (Å²) in [5.74, 6) is 2.32. The largest absolute Gasteiger partial charge is 0.370 e. The van der Waals surface area contributed by atoms with Crippen LogP contribution in [-0.2, 0) is 6.42 Å². The summed E-state index contributed by atoms with van der Waals surface area (Å²) in [7, 11) is 0. The highest BCUT2D eigenvalue weighted by Gasteiger charge is 2.26. The zero-order chi connectivity index (χ0) is 16.1. The smallest absolute Gasteiger partial charge is 0.225 e. The molecule has 0 bridgehead atoms. The predicted octanol–water partition coefficient (Wildman–Crippen LogP) is 4.22. The molecular formula is C19H26N4. The van der Waals surface area contributed by atoms with Crippen LogP contribution in [-0.4, -0.2) is 22.6 Å². The predicted molar refractivity (Wildman–Crippen MR) is 96.0 cm³/mol. The van der Waals surface area contributed by atoms with Gasteiger partial charge in [-0.15, -0.1) is 0 Å².